The fraction of sp³-hybridized carbons (Fsp3) is 0.250. The topological polar surface area (TPSA) is 90.5 Å². The first-order valence-corrected chi connectivity index (χ1v) is 6.72. The van der Waals surface area contributed by atoms with Crippen LogP contribution in [0.2, 0.25) is 0 Å². The molecule has 2 N–H and O–H groups in total. The molecule has 3 rings (SSSR count). The van der Waals surface area contributed by atoms with Crippen LogP contribution < -0.4 is 18.9 Å². The van der Waals surface area contributed by atoms with E-state index in [0.29, 0.717) is 21.9 Å². The van der Waals surface area contributed by atoms with Gasteiger partial charge in [0.25, 0.3) is 0 Å². The van der Waals surface area contributed by atoms with Gasteiger partial charge < -0.3 is 33.6 Å². The number of phenols is 2. The molecule has 0 saturated heterocycles. The first kappa shape index (κ1) is 15.0. The summed E-state index contributed by atoms with van der Waals surface area (Å²) in [5.74, 6) is 0.422. The minimum absolute atomic E-state index is 0.0619. The van der Waals surface area contributed by atoms with Crippen molar-refractivity contribution < 1.29 is 33.6 Å². The van der Waals surface area contributed by atoms with Crippen LogP contribution in [0.3, 0.4) is 0 Å². The van der Waals surface area contributed by atoms with Gasteiger partial charge in [0.15, 0.2) is 22.7 Å². The van der Waals surface area contributed by atoms with Crippen LogP contribution in [-0.4, -0.2) is 38.7 Å². The van der Waals surface area contributed by atoms with Crippen molar-refractivity contribution in [2.75, 3.05) is 28.4 Å². The molecule has 0 spiro atoms. The van der Waals surface area contributed by atoms with Crippen molar-refractivity contribution >= 4 is 21.9 Å². The van der Waals surface area contributed by atoms with Gasteiger partial charge in [-0.1, -0.05) is 0 Å². The molecule has 3 aromatic rings. The van der Waals surface area contributed by atoms with Gasteiger partial charge in [0.1, 0.15) is 0 Å². The van der Waals surface area contributed by atoms with E-state index < -0.39 is 0 Å². The number of methoxy groups -OCH3 is 4. The van der Waals surface area contributed by atoms with Crippen molar-refractivity contribution in [3.63, 3.8) is 0 Å². The second-order valence-corrected chi connectivity index (χ2v) is 4.75. The van der Waals surface area contributed by atoms with Crippen LogP contribution in [-0.2, 0) is 0 Å². The highest BCUT2D eigenvalue weighted by molar-refractivity contribution is 6.14. The van der Waals surface area contributed by atoms with Crippen molar-refractivity contribution in [2.24, 2.45) is 0 Å². The molecular weight excluding hydrogens is 304 g/mol. The quantitative estimate of drug-likeness (QED) is 0.763. The lowest BCUT2D eigenvalue weighted by atomic mass is 10.1. The number of hydrogen-bond donors (Lipinski definition) is 2. The average molecular weight is 320 g/mol. The molecule has 0 atom stereocenters. The van der Waals surface area contributed by atoms with Crippen LogP contribution in [0.1, 0.15) is 0 Å². The standard InChI is InChI=1S/C16H16O7/c1-19-12-8(17)6-5-7-9-13(20-2)10(18)15(21-3)16(22-4)14(9)23-11(7)12/h5-6,17-18H,1-4H3. The maximum Gasteiger partial charge on any atom is 0.211 e. The van der Waals surface area contributed by atoms with Crippen LogP contribution in [0, 0.1) is 0 Å². The van der Waals surface area contributed by atoms with Crippen LogP contribution >= 0.6 is 0 Å². The molecule has 0 saturated carbocycles. The molecule has 0 aliphatic rings. The number of hydrogen-bond acceptors (Lipinski definition) is 7. The van der Waals surface area contributed by atoms with E-state index in [1.54, 1.807) is 6.07 Å². The predicted molar refractivity (Wildman–Crippen MR) is 83.3 cm³/mol. The summed E-state index contributed by atoms with van der Waals surface area (Å²) in [6, 6.07) is 3.12. The molecule has 7 heteroatoms. The highest BCUT2D eigenvalue weighted by atomic mass is 16.5. The Morgan fingerprint density at radius 1 is 0.739 bits per heavy atom. The summed E-state index contributed by atoms with van der Waals surface area (Å²) >= 11 is 0. The smallest absolute Gasteiger partial charge is 0.211 e. The van der Waals surface area contributed by atoms with E-state index in [4.69, 9.17) is 23.4 Å². The van der Waals surface area contributed by atoms with Crippen LogP contribution in [0.4, 0.5) is 0 Å². The Bertz CT molecular complexity index is 895. The molecule has 1 aromatic heterocycles. The zero-order valence-corrected chi connectivity index (χ0v) is 13.1. The van der Waals surface area contributed by atoms with Crippen molar-refractivity contribution in [2.45, 2.75) is 0 Å². The van der Waals surface area contributed by atoms with Crippen molar-refractivity contribution in [1.82, 2.24) is 0 Å². The molecule has 0 fully saturated rings. The van der Waals surface area contributed by atoms with Crippen LogP contribution in [0.15, 0.2) is 16.5 Å². The Morgan fingerprint density at radius 3 is 1.91 bits per heavy atom. The fourth-order valence-corrected chi connectivity index (χ4v) is 2.71. The highest BCUT2D eigenvalue weighted by Crippen LogP contribution is 2.54. The molecule has 1 heterocycles. The summed E-state index contributed by atoms with van der Waals surface area (Å²) in [5, 5.41) is 21.4. The van der Waals surface area contributed by atoms with E-state index in [1.165, 1.54) is 34.5 Å². The normalized spacial score (nSPS) is 11.0. The van der Waals surface area contributed by atoms with Crippen LogP contribution in [0.25, 0.3) is 21.9 Å². The summed E-state index contributed by atoms with van der Waals surface area (Å²) in [5.41, 5.74) is 0.629. The van der Waals surface area contributed by atoms with Gasteiger partial charge in [0.2, 0.25) is 23.0 Å². The second kappa shape index (κ2) is 5.35. The van der Waals surface area contributed by atoms with Crippen molar-refractivity contribution in [1.29, 1.82) is 0 Å². The van der Waals surface area contributed by atoms with E-state index in [0.717, 1.165) is 0 Å². The molecule has 0 unspecified atom stereocenters. The predicted octanol–water partition coefficient (Wildman–Crippen LogP) is 3.03. The highest BCUT2D eigenvalue weighted by Gasteiger charge is 2.28. The number of ether oxygens (including phenoxy) is 4. The lowest BCUT2D eigenvalue weighted by Crippen LogP contribution is -1.94. The lowest BCUT2D eigenvalue weighted by molar-refractivity contribution is 0.317. The number of rotatable bonds is 4. The van der Waals surface area contributed by atoms with E-state index >= 15 is 0 Å². The lowest BCUT2D eigenvalue weighted by Gasteiger charge is -2.13. The number of fused-ring (bicyclic) bond motifs is 3. The summed E-state index contributed by atoms with van der Waals surface area (Å²) in [7, 11) is 5.69. The van der Waals surface area contributed by atoms with Gasteiger partial charge in [-0.3, -0.25) is 0 Å². The Labute approximate surface area is 131 Å². The third-order valence-electron chi connectivity index (χ3n) is 3.68. The monoisotopic (exact) mass is 320 g/mol. The molecule has 2 aromatic carbocycles. The molecular formula is C16H16O7. The SMILES string of the molecule is COc1c(O)c(OC)c2c(oc3c(OC)c(O)ccc32)c1OC. The van der Waals surface area contributed by atoms with E-state index in [2.05, 4.69) is 0 Å². The Hall–Kier alpha value is -2.96. The largest absolute Gasteiger partial charge is 0.504 e. The Kier molecular flexibility index (Phi) is 3.48. The van der Waals surface area contributed by atoms with Gasteiger partial charge >= 0.3 is 0 Å². The molecule has 122 valence electrons. The molecule has 0 radical (unpaired) electrons. The zero-order valence-electron chi connectivity index (χ0n) is 13.1. The van der Waals surface area contributed by atoms with Gasteiger partial charge in [-0.15, -0.1) is 0 Å². The summed E-state index contributed by atoms with van der Waals surface area (Å²) in [6.07, 6.45) is 0. The summed E-state index contributed by atoms with van der Waals surface area (Å²) in [6.45, 7) is 0. The fourth-order valence-electron chi connectivity index (χ4n) is 2.71. The first-order valence-electron chi connectivity index (χ1n) is 6.72. The average Bonchev–Trinajstić information content (AvgIpc) is 2.92. The minimum Gasteiger partial charge on any atom is -0.504 e. The number of aromatic hydroxyl groups is 2. The van der Waals surface area contributed by atoms with Crippen LogP contribution in [0.5, 0.6) is 34.5 Å². The summed E-state index contributed by atoms with van der Waals surface area (Å²) in [4.78, 5) is 0. The van der Waals surface area contributed by atoms with Crippen molar-refractivity contribution in [3.8, 4) is 34.5 Å². The van der Waals surface area contributed by atoms with Gasteiger partial charge in [0.05, 0.1) is 33.8 Å². The molecule has 23 heavy (non-hydrogen) atoms. The molecule has 0 aliphatic heterocycles. The number of furan rings is 1. The first-order chi connectivity index (χ1) is 11.1. The van der Waals surface area contributed by atoms with Gasteiger partial charge in [-0.25, -0.2) is 0 Å². The third kappa shape index (κ3) is 1.89. The maximum absolute atomic E-state index is 10.4. The second-order valence-electron chi connectivity index (χ2n) is 4.75. The van der Waals surface area contributed by atoms with E-state index in [1.807, 2.05) is 0 Å². The molecule has 0 amide bonds. The maximum atomic E-state index is 10.4. The molecule has 7 nitrogen and oxygen atoms in total. The molecule has 0 aliphatic carbocycles. The van der Waals surface area contributed by atoms with Gasteiger partial charge in [-0.05, 0) is 12.1 Å². The number of phenolic OH excluding ortho intramolecular Hbond substituents is 2. The minimum atomic E-state index is -0.200. The number of benzene rings is 2. The van der Waals surface area contributed by atoms with E-state index in [-0.39, 0.29) is 34.5 Å². The third-order valence-corrected chi connectivity index (χ3v) is 3.68. The Balaban J connectivity index is 2.60. The summed E-state index contributed by atoms with van der Waals surface area (Å²) < 4.78 is 26.9. The van der Waals surface area contributed by atoms with Gasteiger partial charge in [0, 0.05) is 5.39 Å². The van der Waals surface area contributed by atoms with Crippen molar-refractivity contribution in [3.05, 3.63) is 12.1 Å². The Morgan fingerprint density at radius 2 is 1.35 bits per heavy atom. The molecule has 0 bridgehead atoms. The zero-order chi connectivity index (χ0) is 16.7. The van der Waals surface area contributed by atoms with Gasteiger partial charge in [-0.2, -0.15) is 0 Å². The van der Waals surface area contributed by atoms with E-state index in [9.17, 15) is 10.2 Å².